The summed E-state index contributed by atoms with van der Waals surface area (Å²) in [4.78, 5) is 17.8. The molecule has 0 saturated carbocycles. The number of benzene rings is 2. The van der Waals surface area contributed by atoms with E-state index in [4.69, 9.17) is 9.57 Å². The lowest BCUT2D eigenvalue weighted by molar-refractivity contribution is -0.145. The maximum absolute atomic E-state index is 13.2. The molecule has 2 aromatic carbocycles. The van der Waals surface area contributed by atoms with Crippen molar-refractivity contribution >= 4 is 15.7 Å². The fourth-order valence-corrected chi connectivity index (χ4v) is 4.27. The third-order valence-corrected chi connectivity index (χ3v) is 6.16. The molecule has 152 valence electrons. The van der Waals surface area contributed by atoms with Gasteiger partial charge in [0, 0.05) is 6.42 Å². The van der Waals surface area contributed by atoms with Gasteiger partial charge in [0.25, 0.3) is 0 Å². The third-order valence-electron chi connectivity index (χ3n) is 4.02. The average molecular weight is 406 g/mol. The number of sulfone groups is 1. The summed E-state index contributed by atoms with van der Waals surface area (Å²) in [7, 11) is -2.23. The Morgan fingerprint density at radius 1 is 1.04 bits per heavy atom. The standard InChI is InChI=1S/C21H27NO5S/c1-21(2,3)27-22-20(23)15-19(14-16-8-6-5-7-9-16)28(24,25)18-12-10-17(26-4)11-13-18/h5-13,19H,14-15H2,1-4H3,(H,22,23). The minimum absolute atomic E-state index is 0.152. The first-order valence-electron chi connectivity index (χ1n) is 9.00. The molecule has 0 saturated heterocycles. The largest absolute Gasteiger partial charge is 0.497 e. The summed E-state index contributed by atoms with van der Waals surface area (Å²) >= 11 is 0. The van der Waals surface area contributed by atoms with E-state index in [1.54, 1.807) is 32.9 Å². The summed E-state index contributed by atoms with van der Waals surface area (Å²) in [5.74, 6) is 0.0859. The Morgan fingerprint density at radius 3 is 2.18 bits per heavy atom. The fraction of sp³-hybridized carbons (Fsp3) is 0.381. The predicted octanol–water partition coefficient (Wildman–Crippen LogP) is 3.32. The molecular formula is C21H27NO5S. The molecule has 0 bridgehead atoms. The molecule has 28 heavy (non-hydrogen) atoms. The van der Waals surface area contributed by atoms with E-state index in [0.29, 0.717) is 5.75 Å². The van der Waals surface area contributed by atoms with Crippen LogP contribution in [0, 0.1) is 0 Å². The van der Waals surface area contributed by atoms with Crippen LogP contribution in [0.5, 0.6) is 5.75 Å². The van der Waals surface area contributed by atoms with Gasteiger partial charge in [-0.25, -0.2) is 13.9 Å². The number of hydroxylamine groups is 1. The van der Waals surface area contributed by atoms with Crippen LogP contribution in [0.1, 0.15) is 32.8 Å². The normalized spacial score (nSPS) is 13.0. The second kappa shape index (κ2) is 9.21. The van der Waals surface area contributed by atoms with Crippen molar-refractivity contribution in [3.8, 4) is 5.75 Å². The molecule has 0 aliphatic rings. The van der Waals surface area contributed by atoms with Gasteiger partial charge in [0.2, 0.25) is 5.91 Å². The number of hydrogen-bond donors (Lipinski definition) is 1. The molecule has 0 heterocycles. The average Bonchev–Trinajstić information content (AvgIpc) is 2.66. The molecule has 1 amide bonds. The molecule has 0 aliphatic carbocycles. The van der Waals surface area contributed by atoms with Crippen molar-refractivity contribution in [2.24, 2.45) is 0 Å². The Balaban J connectivity index is 2.26. The number of carbonyl (C=O) groups excluding carboxylic acids is 1. The summed E-state index contributed by atoms with van der Waals surface area (Å²) in [6.45, 7) is 5.38. The van der Waals surface area contributed by atoms with Crippen molar-refractivity contribution in [3.63, 3.8) is 0 Å². The Bertz CT molecular complexity index is 871. The monoisotopic (exact) mass is 405 g/mol. The van der Waals surface area contributed by atoms with Crippen LogP contribution >= 0.6 is 0 Å². The van der Waals surface area contributed by atoms with Crippen LogP contribution in [0.15, 0.2) is 59.5 Å². The highest BCUT2D eigenvalue weighted by Crippen LogP contribution is 2.24. The van der Waals surface area contributed by atoms with E-state index in [9.17, 15) is 13.2 Å². The predicted molar refractivity (Wildman–Crippen MR) is 108 cm³/mol. The van der Waals surface area contributed by atoms with Gasteiger partial charge in [-0.3, -0.25) is 9.63 Å². The quantitative estimate of drug-likeness (QED) is 0.682. The summed E-state index contributed by atoms with van der Waals surface area (Å²) < 4.78 is 31.5. The molecule has 6 nitrogen and oxygen atoms in total. The SMILES string of the molecule is COc1ccc(S(=O)(=O)C(CC(=O)NOC(C)(C)C)Cc2ccccc2)cc1. The van der Waals surface area contributed by atoms with Crippen molar-refractivity contribution in [1.29, 1.82) is 0 Å². The van der Waals surface area contributed by atoms with E-state index in [0.717, 1.165) is 5.56 Å². The van der Waals surface area contributed by atoms with Gasteiger partial charge in [-0.15, -0.1) is 0 Å². The van der Waals surface area contributed by atoms with Crippen LogP contribution in [-0.2, 0) is 25.9 Å². The van der Waals surface area contributed by atoms with E-state index in [-0.39, 0.29) is 17.7 Å². The van der Waals surface area contributed by atoms with Crippen LogP contribution in [0.3, 0.4) is 0 Å². The Hall–Kier alpha value is -2.38. The first kappa shape index (κ1) is 21.9. The van der Waals surface area contributed by atoms with E-state index >= 15 is 0 Å². The summed E-state index contributed by atoms with van der Waals surface area (Å²) in [5.41, 5.74) is 2.63. The van der Waals surface area contributed by atoms with Crippen molar-refractivity contribution in [2.45, 2.75) is 49.4 Å². The lowest BCUT2D eigenvalue weighted by Crippen LogP contribution is -2.37. The fourth-order valence-electron chi connectivity index (χ4n) is 2.58. The zero-order chi connectivity index (χ0) is 20.8. The van der Waals surface area contributed by atoms with Crippen LogP contribution < -0.4 is 10.2 Å². The van der Waals surface area contributed by atoms with E-state index in [2.05, 4.69) is 5.48 Å². The van der Waals surface area contributed by atoms with Gasteiger partial charge in [0.1, 0.15) is 5.75 Å². The second-order valence-corrected chi connectivity index (χ2v) is 9.70. The number of nitrogens with one attached hydrogen (secondary N) is 1. The molecule has 2 aromatic rings. The highest BCUT2D eigenvalue weighted by Gasteiger charge is 2.30. The van der Waals surface area contributed by atoms with Gasteiger partial charge in [-0.05, 0) is 57.0 Å². The molecule has 2 rings (SSSR count). The van der Waals surface area contributed by atoms with Crippen molar-refractivity contribution in [1.82, 2.24) is 5.48 Å². The van der Waals surface area contributed by atoms with E-state index in [1.165, 1.54) is 19.2 Å². The lowest BCUT2D eigenvalue weighted by Gasteiger charge is -2.21. The van der Waals surface area contributed by atoms with Crippen molar-refractivity contribution in [3.05, 3.63) is 60.2 Å². The third kappa shape index (κ3) is 6.35. The molecular weight excluding hydrogens is 378 g/mol. The first-order chi connectivity index (χ1) is 13.1. The van der Waals surface area contributed by atoms with Gasteiger partial charge in [-0.1, -0.05) is 30.3 Å². The number of rotatable bonds is 8. The number of carbonyl (C=O) groups is 1. The van der Waals surface area contributed by atoms with Crippen LogP contribution in [0.4, 0.5) is 0 Å². The highest BCUT2D eigenvalue weighted by atomic mass is 32.2. The number of hydrogen-bond acceptors (Lipinski definition) is 5. The van der Waals surface area contributed by atoms with Crippen LogP contribution in [-0.4, -0.2) is 32.3 Å². The first-order valence-corrected chi connectivity index (χ1v) is 10.5. The topological polar surface area (TPSA) is 81.7 Å². The molecule has 0 aliphatic heterocycles. The maximum atomic E-state index is 13.2. The van der Waals surface area contributed by atoms with Crippen LogP contribution in [0.25, 0.3) is 0 Å². The Morgan fingerprint density at radius 2 is 1.64 bits per heavy atom. The Labute approximate surface area is 166 Å². The van der Waals surface area contributed by atoms with Crippen molar-refractivity contribution < 1.29 is 22.8 Å². The van der Waals surface area contributed by atoms with Gasteiger partial charge in [0.05, 0.1) is 22.9 Å². The zero-order valence-electron chi connectivity index (χ0n) is 16.6. The minimum atomic E-state index is -3.75. The van der Waals surface area contributed by atoms with E-state index in [1.807, 2.05) is 30.3 Å². The summed E-state index contributed by atoms with van der Waals surface area (Å²) in [5, 5.41) is -0.924. The molecule has 0 aromatic heterocycles. The molecule has 7 heteroatoms. The molecule has 1 atom stereocenters. The van der Waals surface area contributed by atoms with Crippen LogP contribution in [0.2, 0.25) is 0 Å². The molecule has 0 radical (unpaired) electrons. The second-order valence-electron chi connectivity index (χ2n) is 7.48. The van der Waals surface area contributed by atoms with Gasteiger partial charge in [-0.2, -0.15) is 0 Å². The van der Waals surface area contributed by atoms with Gasteiger partial charge in [0.15, 0.2) is 9.84 Å². The summed E-state index contributed by atoms with van der Waals surface area (Å²) in [6, 6.07) is 15.4. The van der Waals surface area contributed by atoms with Crippen molar-refractivity contribution in [2.75, 3.05) is 7.11 Å². The smallest absolute Gasteiger partial charge is 0.244 e. The van der Waals surface area contributed by atoms with Gasteiger partial charge >= 0.3 is 0 Å². The number of amides is 1. The highest BCUT2D eigenvalue weighted by molar-refractivity contribution is 7.92. The molecule has 1 unspecified atom stereocenters. The Kier molecular flexibility index (Phi) is 7.21. The number of ether oxygens (including phenoxy) is 1. The molecule has 0 fully saturated rings. The molecule has 1 N–H and O–H groups in total. The van der Waals surface area contributed by atoms with E-state index < -0.39 is 26.6 Å². The zero-order valence-corrected chi connectivity index (χ0v) is 17.5. The maximum Gasteiger partial charge on any atom is 0.244 e. The number of methoxy groups -OCH3 is 1. The van der Waals surface area contributed by atoms with Gasteiger partial charge < -0.3 is 4.74 Å². The minimum Gasteiger partial charge on any atom is -0.497 e. The molecule has 0 spiro atoms. The lowest BCUT2D eigenvalue weighted by atomic mass is 10.1. The summed E-state index contributed by atoms with van der Waals surface area (Å²) in [6.07, 6.45) is 0.0114.